The van der Waals surface area contributed by atoms with Crippen LogP contribution in [-0.2, 0) is 19.1 Å². The Morgan fingerprint density at radius 2 is 2.36 bits per heavy atom. The highest BCUT2D eigenvalue weighted by Gasteiger charge is 2.34. The Morgan fingerprint density at radius 1 is 1.64 bits per heavy atom. The van der Waals surface area contributed by atoms with Crippen LogP contribution in [0.3, 0.4) is 0 Å². The summed E-state index contributed by atoms with van der Waals surface area (Å²) in [6.45, 7) is 3.71. The molecule has 0 bridgehead atoms. The molecule has 0 aromatic heterocycles. The molecule has 1 aliphatic heterocycles. The quantitative estimate of drug-likeness (QED) is 0.508. The van der Waals surface area contributed by atoms with Gasteiger partial charge in [-0.15, -0.1) is 0 Å². The summed E-state index contributed by atoms with van der Waals surface area (Å²) in [5.41, 5.74) is -0.336. The summed E-state index contributed by atoms with van der Waals surface area (Å²) in [6.07, 6.45) is 2.77. The highest BCUT2D eigenvalue weighted by molar-refractivity contribution is 5.72. The van der Waals surface area contributed by atoms with Gasteiger partial charge in [0.15, 0.2) is 0 Å². The summed E-state index contributed by atoms with van der Waals surface area (Å²) in [5.74, 6) is -0.390. The van der Waals surface area contributed by atoms with E-state index in [1.807, 2.05) is 6.92 Å². The van der Waals surface area contributed by atoms with Crippen LogP contribution in [0.2, 0.25) is 0 Å². The molecule has 1 fully saturated rings. The van der Waals surface area contributed by atoms with Crippen molar-refractivity contribution in [2.45, 2.75) is 45.1 Å². The maximum atomic E-state index is 10.9. The Bertz CT molecular complexity index is 236. The molecule has 0 aromatic rings. The van der Waals surface area contributed by atoms with Crippen LogP contribution in [0.15, 0.2) is 0 Å². The molecule has 0 saturated carbocycles. The lowest BCUT2D eigenvalue weighted by atomic mass is 9.97. The molecule has 80 valence electrons. The monoisotopic (exact) mass is 200 g/mol. The maximum absolute atomic E-state index is 10.9. The van der Waals surface area contributed by atoms with E-state index in [0.717, 1.165) is 19.3 Å². The summed E-state index contributed by atoms with van der Waals surface area (Å²) in [6, 6.07) is 0. The van der Waals surface area contributed by atoms with Crippen molar-refractivity contribution in [3.63, 3.8) is 0 Å². The molecule has 1 rings (SSSR count). The number of carbonyl (C=O) groups is 2. The molecule has 0 aromatic carbocycles. The van der Waals surface area contributed by atoms with Crippen LogP contribution < -0.4 is 0 Å². The minimum atomic E-state index is -0.336. The molecule has 4 heteroatoms. The van der Waals surface area contributed by atoms with Crippen molar-refractivity contribution in [2.24, 2.45) is 0 Å². The van der Waals surface area contributed by atoms with Crippen LogP contribution in [-0.4, -0.2) is 24.1 Å². The van der Waals surface area contributed by atoms with Crippen molar-refractivity contribution in [2.75, 3.05) is 6.61 Å². The lowest BCUT2D eigenvalue weighted by Gasteiger charge is -2.21. The lowest BCUT2D eigenvalue weighted by molar-refractivity contribution is -0.149. The molecule has 1 atom stereocenters. The Labute approximate surface area is 83.6 Å². The van der Waals surface area contributed by atoms with Crippen LogP contribution >= 0.6 is 0 Å². The van der Waals surface area contributed by atoms with Crippen molar-refractivity contribution < 1.29 is 19.1 Å². The van der Waals surface area contributed by atoms with Crippen LogP contribution in [0.25, 0.3) is 0 Å². The van der Waals surface area contributed by atoms with E-state index in [0.29, 0.717) is 13.0 Å². The predicted octanol–water partition coefficient (Wildman–Crippen LogP) is 1.43. The Hall–Kier alpha value is -1.06. The molecule has 1 heterocycles. The molecular formula is C10H16O4. The number of cyclic esters (lactones) is 1. The van der Waals surface area contributed by atoms with Gasteiger partial charge in [0.2, 0.25) is 0 Å². The third kappa shape index (κ3) is 3.36. The average Bonchev–Trinajstić information content (AvgIpc) is 2.41. The fourth-order valence-corrected chi connectivity index (χ4v) is 1.58. The van der Waals surface area contributed by atoms with Crippen molar-refractivity contribution in [1.82, 2.24) is 0 Å². The Morgan fingerprint density at radius 3 is 2.86 bits per heavy atom. The molecule has 0 spiro atoms. The van der Waals surface area contributed by atoms with E-state index in [9.17, 15) is 9.59 Å². The molecule has 0 amide bonds. The molecule has 1 aliphatic rings. The number of carbonyl (C=O) groups excluding carboxylic acids is 2. The first kappa shape index (κ1) is 11.0. The molecule has 0 aliphatic carbocycles. The minimum absolute atomic E-state index is 0.125. The van der Waals surface area contributed by atoms with Gasteiger partial charge in [-0.25, -0.2) is 0 Å². The summed E-state index contributed by atoms with van der Waals surface area (Å²) < 4.78 is 9.97. The number of hydrogen-bond donors (Lipinski definition) is 0. The fraction of sp³-hybridized carbons (Fsp3) is 0.800. The minimum Gasteiger partial charge on any atom is -0.466 e. The van der Waals surface area contributed by atoms with Crippen molar-refractivity contribution in [3.05, 3.63) is 0 Å². The Kier molecular flexibility index (Phi) is 3.49. The zero-order valence-corrected chi connectivity index (χ0v) is 8.67. The van der Waals surface area contributed by atoms with Crippen LogP contribution in [0.1, 0.15) is 39.5 Å². The van der Waals surface area contributed by atoms with E-state index in [1.54, 1.807) is 0 Å². The van der Waals surface area contributed by atoms with E-state index in [1.165, 1.54) is 6.92 Å². The van der Waals surface area contributed by atoms with Gasteiger partial charge in [0.25, 0.3) is 0 Å². The highest BCUT2D eigenvalue weighted by atomic mass is 16.6. The van der Waals surface area contributed by atoms with Crippen molar-refractivity contribution in [3.8, 4) is 0 Å². The number of hydrogen-bond acceptors (Lipinski definition) is 4. The second-order valence-electron chi connectivity index (χ2n) is 3.87. The van der Waals surface area contributed by atoms with Crippen molar-refractivity contribution >= 4 is 11.9 Å². The zero-order valence-electron chi connectivity index (χ0n) is 8.67. The van der Waals surface area contributed by atoms with Gasteiger partial charge >= 0.3 is 11.9 Å². The van der Waals surface area contributed by atoms with Gasteiger partial charge in [0.1, 0.15) is 5.60 Å². The zero-order chi connectivity index (χ0) is 10.6. The van der Waals surface area contributed by atoms with E-state index >= 15 is 0 Å². The standard InChI is InChI=1S/C10H16O4/c1-8(11)13-7-3-5-10(2)6-4-9(12)14-10/h3-7H2,1-2H3. The first-order valence-corrected chi connectivity index (χ1v) is 4.87. The van der Waals surface area contributed by atoms with E-state index in [-0.39, 0.29) is 17.5 Å². The normalized spacial score (nSPS) is 26.0. The van der Waals surface area contributed by atoms with Gasteiger partial charge in [-0.2, -0.15) is 0 Å². The van der Waals surface area contributed by atoms with Gasteiger partial charge in [0, 0.05) is 13.3 Å². The highest BCUT2D eigenvalue weighted by Crippen LogP contribution is 2.30. The second-order valence-corrected chi connectivity index (χ2v) is 3.87. The van der Waals surface area contributed by atoms with Gasteiger partial charge in [-0.3, -0.25) is 9.59 Å². The number of rotatable bonds is 4. The second kappa shape index (κ2) is 4.44. The van der Waals surface area contributed by atoms with Gasteiger partial charge < -0.3 is 9.47 Å². The predicted molar refractivity (Wildman–Crippen MR) is 49.6 cm³/mol. The lowest BCUT2D eigenvalue weighted by Crippen LogP contribution is -2.24. The van der Waals surface area contributed by atoms with Crippen LogP contribution in [0.4, 0.5) is 0 Å². The molecule has 0 radical (unpaired) electrons. The van der Waals surface area contributed by atoms with E-state index in [2.05, 4.69) is 0 Å². The smallest absolute Gasteiger partial charge is 0.306 e. The molecule has 0 N–H and O–H groups in total. The van der Waals surface area contributed by atoms with Crippen LogP contribution in [0.5, 0.6) is 0 Å². The summed E-state index contributed by atoms with van der Waals surface area (Å²) in [4.78, 5) is 21.4. The molecule has 14 heavy (non-hydrogen) atoms. The third-order valence-corrected chi connectivity index (χ3v) is 2.37. The first-order valence-electron chi connectivity index (χ1n) is 4.87. The number of ether oxygens (including phenoxy) is 2. The van der Waals surface area contributed by atoms with Gasteiger partial charge in [0.05, 0.1) is 6.61 Å². The van der Waals surface area contributed by atoms with E-state index < -0.39 is 0 Å². The SMILES string of the molecule is CC(=O)OCCCC1(C)CCC(=O)O1. The maximum Gasteiger partial charge on any atom is 0.306 e. The van der Waals surface area contributed by atoms with Gasteiger partial charge in [-0.1, -0.05) is 0 Å². The third-order valence-electron chi connectivity index (χ3n) is 2.37. The molecule has 1 saturated heterocycles. The topological polar surface area (TPSA) is 52.6 Å². The molecular weight excluding hydrogens is 184 g/mol. The summed E-state index contributed by atoms with van der Waals surface area (Å²) >= 11 is 0. The van der Waals surface area contributed by atoms with Gasteiger partial charge in [-0.05, 0) is 26.2 Å². The largest absolute Gasteiger partial charge is 0.466 e. The average molecular weight is 200 g/mol. The Balaban J connectivity index is 2.17. The first-order chi connectivity index (χ1) is 6.52. The fourth-order valence-electron chi connectivity index (χ4n) is 1.58. The summed E-state index contributed by atoms with van der Waals surface area (Å²) in [7, 11) is 0. The molecule has 1 unspecified atom stereocenters. The van der Waals surface area contributed by atoms with Crippen molar-refractivity contribution in [1.29, 1.82) is 0 Å². The summed E-state index contributed by atoms with van der Waals surface area (Å²) in [5, 5.41) is 0. The number of esters is 2. The van der Waals surface area contributed by atoms with E-state index in [4.69, 9.17) is 9.47 Å². The molecule has 4 nitrogen and oxygen atoms in total. The van der Waals surface area contributed by atoms with Crippen LogP contribution in [0, 0.1) is 0 Å².